The highest BCUT2D eigenvalue weighted by Crippen LogP contribution is 2.24. The van der Waals surface area contributed by atoms with Gasteiger partial charge in [0, 0.05) is 11.6 Å². The molecule has 0 amide bonds. The van der Waals surface area contributed by atoms with Gasteiger partial charge in [0.25, 0.3) is 0 Å². The molecule has 90 valence electrons. The molecule has 0 fully saturated rings. The van der Waals surface area contributed by atoms with Gasteiger partial charge in [0.15, 0.2) is 0 Å². The van der Waals surface area contributed by atoms with Crippen LogP contribution in [-0.2, 0) is 0 Å². The molecule has 0 radical (unpaired) electrons. The molecule has 5 nitrogen and oxygen atoms in total. The molecule has 0 bridgehead atoms. The van der Waals surface area contributed by atoms with E-state index in [4.69, 9.17) is 4.52 Å². The van der Waals surface area contributed by atoms with Crippen LogP contribution >= 0.6 is 15.9 Å². The first-order valence-corrected chi connectivity index (χ1v) is 6.04. The van der Waals surface area contributed by atoms with E-state index < -0.39 is 0 Å². The average Bonchev–Trinajstić information content (AvgIpc) is 2.58. The van der Waals surface area contributed by atoms with Crippen molar-refractivity contribution in [3.8, 4) is 0 Å². The van der Waals surface area contributed by atoms with Gasteiger partial charge in [-0.25, -0.2) is 9.97 Å². The van der Waals surface area contributed by atoms with E-state index in [1.165, 1.54) is 6.33 Å². The smallest absolute Gasteiger partial charge is 0.139 e. The van der Waals surface area contributed by atoms with Crippen molar-refractivity contribution in [2.24, 2.45) is 0 Å². The van der Waals surface area contributed by atoms with Crippen molar-refractivity contribution >= 4 is 21.7 Å². The second kappa shape index (κ2) is 4.83. The molecule has 1 atom stereocenters. The summed E-state index contributed by atoms with van der Waals surface area (Å²) >= 11 is 3.31. The Bertz CT molecular complexity index is 506. The van der Waals surface area contributed by atoms with E-state index in [9.17, 15) is 0 Å². The molecular weight excluding hydrogens is 284 g/mol. The van der Waals surface area contributed by atoms with Gasteiger partial charge in [-0.2, -0.15) is 0 Å². The monoisotopic (exact) mass is 296 g/mol. The van der Waals surface area contributed by atoms with Gasteiger partial charge in [0.2, 0.25) is 0 Å². The fourth-order valence-corrected chi connectivity index (χ4v) is 2.12. The van der Waals surface area contributed by atoms with E-state index in [0.717, 1.165) is 27.4 Å². The lowest BCUT2D eigenvalue weighted by atomic mass is 10.1. The number of nitrogens with one attached hydrogen (secondary N) is 1. The Balaban J connectivity index is 2.20. The van der Waals surface area contributed by atoms with Crippen LogP contribution in [0, 0.1) is 13.8 Å². The Kier molecular flexibility index (Phi) is 3.42. The third-order valence-corrected chi connectivity index (χ3v) is 2.95. The minimum Gasteiger partial charge on any atom is -0.363 e. The first-order valence-electron chi connectivity index (χ1n) is 5.24. The molecule has 0 aromatic carbocycles. The highest BCUT2D eigenvalue weighted by Gasteiger charge is 2.16. The molecule has 17 heavy (non-hydrogen) atoms. The molecule has 0 spiro atoms. The van der Waals surface area contributed by atoms with Crippen molar-refractivity contribution < 1.29 is 4.52 Å². The van der Waals surface area contributed by atoms with Crippen LogP contribution in [0.15, 0.2) is 21.5 Å². The second-order valence-corrected chi connectivity index (χ2v) is 4.64. The lowest BCUT2D eigenvalue weighted by Crippen LogP contribution is -2.09. The number of nitrogens with zero attached hydrogens (tertiary/aromatic N) is 3. The summed E-state index contributed by atoms with van der Waals surface area (Å²) in [6.45, 7) is 5.88. The molecule has 2 heterocycles. The largest absolute Gasteiger partial charge is 0.363 e. The summed E-state index contributed by atoms with van der Waals surface area (Å²) in [6.07, 6.45) is 1.51. The third kappa shape index (κ3) is 2.63. The summed E-state index contributed by atoms with van der Waals surface area (Å²) in [5, 5.41) is 7.23. The maximum Gasteiger partial charge on any atom is 0.139 e. The number of aryl methyl sites for hydroxylation is 2. The van der Waals surface area contributed by atoms with Crippen LogP contribution in [0.4, 0.5) is 5.82 Å². The lowest BCUT2D eigenvalue weighted by molar-refractivity contribution is 0.392. The predicted molar refractivity (Wildman–Crippen MR) is 67.7 cm³/mol. The summed E-state index contributed by atoms with van der Waals surface area (Å²) < 4.78 is 5.90. The van der Waals surface area contributed by atoms with Crippen LogP contribution in [0.2, 0.25) is 0 Å². The number of rotatable bonds is 3. The number of hydrogen-bond donors (Lipinski definition) is 1. The van der Waals surface area contributed by atoms with Gasteiger partial charge >= 0.3 is 0 Å². The maximum atomic E-state index is 5.15. The van der Waals surface area contributed by atoms with E-state index in [1.54, 1.807) is 0 Å². The summed E-state index contributed by atoms with van der Waals surface area (Å²) in [5.41, 5.74) is 1.97. The van der Waals surface area contributed by atoms with Crippen molar-refractivity contribution in [3.63, 3.8) is 0 Å². The first-order chi connectivity index (χ1) is 8.08. The molecule has 2 aromatic heterocycles. The Morgan fingerprint density at radius 2 is 2.12 bits per heavy atom. The fraction of sp³-hybridized carbons (Fsp3) is 0.364. The maximum absolute atomic E-state index is 5.15. The highest BCUT2D eigenvalue weighted by molar-refractivity contribution is 9.10. The molecule has 1 N–H and O–H groups in total. The van der Waals surface area contributed by atoms with E-state index in [2.05, 4.69) is 36.4 Å². The summed E-state index contributed by atoms with van der Waals surface area (Å²) in [4.78, 5) is 8.13. The molecule has 2 rings (SSSR count). The zero-order valence-electron chi connectivity index (χ0n) is 9.86. The SMILES string of the molecule is Cc1noc(C)c1C(C)Nc1cc(Br)ncn1. The van der Waals surface area contributed by atoms with Gasteiger partial charge in [-0.1, -0.05) is 5.16 Å². The molecule has 0 saturated heterocycles. The van der Waals surface area contributed by atoms with Gasteiger partial charge in [-0.3, -0.25) is 0 Å². The minimum atomic E-state index is 0.0862. The fourth-order valence-electron chi connectivity index (χ4n) is 1.81. The molecule has 0 saturated carbocycles. The highest BCUT2D eigenvalue weighted by atomic mass is 79.9. The Morgan fingerprint density at radius 3 is 2.71 bits per heavy atom. The minimum absolute atomic E-state index is 0.0862. The molecule has 0 aliphatic heterocycles. The van der Waals surface area contributed by atoms with Crippen LogP contribution in [0.5, 0.6) is 0 Å². The van der Waals surface area contributed by atoms with Crippen molar-refractivity contribution in [2.75, 3.05) is 5.32 Å². The third-order valence-electron chi connectivity index (χ3n) is 2.52. The van der Waals surface area contributed by atoms with Crippen molar-refractivity contribution in [3.05, 3.63) is 34.0 Å². The molecule has 1 unspecified atom stereocenters. The average molecular weight is 297 g/mol. The van der Waals surface area contributed by atoms with Crippen molar-refractivity contribution in [1.82, 2.24) is 15.1 Å². The van der Waals surface area contributed by atoms with E-state index in [-0.39, 0.29) is 6.04 Å². The zero-order chi connectivity index (χ0) is 12.4. The van der Waals surface area contributed by atoms with Gasteiger partial charge in [-0.15, -0.1) is 0 Å². The Labute approximate surface area is 108 Å². The number of anilines is 1. The van der Waals surface area contributed by atoms with Crippen LogP contribution in [0.3, 0.4) is 0 Å². The zero-order valence-corrected chi connectivity index (χ0v) is 11.4. The molecule has 2 aromatic rings. The van der Waals surface area contributed by atoms with Gasteiger partial charge in [0.1, 0.15) is 22.5 Å². The summed E-state index contributed by atoms with van der Waals surface area (Å²) in [7, 11) is 0. The van der Waals surface area contributed by atoms with Gasteiger partial charge < -0.3 is 9.84 Å². The number of aromatic nitrogens is 3. The first kappa shape index (κ1) is 12.0. The molecule has 0 aliphatic rings. The van der Waals surface area contributed by atoms with Crippen LogP contribution in [-0.4, -0.2) is 15.1 Å². The topological polar surface area (TPSA) is 63.8 Å². The van der Waals surface area contributed by atoms with Crippen molar-refractivity contribution in [1.29, 1.82) is 0 Å². The van der Waals surface area contributed by atoms with E-state index in [0.29, 0.717) is 0 Å². The standard InChI is InChI=1S/C11H13BrN4O/c1-6(11-7(2)16-17-8(11)3)15-10-4-9(12)13-5-14-10/h4-6H,1-3H3,(H,13,14,15). The van der Waals surface area contributed by atoms with E-state index >= 15 is 0 Å². The van der Waals surface area contributed by atoms with Crippen molar-refractivity contribution in [2.45, 2.75) is 26.8 Å². The molecule has 0 aliphatic carbocycles. The number of halogens is 1. The van der Waals surface area contributed by atoms with Crippen LogP contribution < -0.4 is 5.32 Å². The number of hydrogen-bond acceptors (Lipinski definition) is 5. The quantitative estimate of drug-likeness (QED) is 0.882. The van der Waals surface area contributed by atoms with Gasteiger partial charge in [0.05, 0.1) is 11.7 Å². The van der Waals surface area contributed by atoms with Crippen LogP contribution in [0.25, 0.3) is 0 Å². The predicted octanol–water partition coefficient (Wildman–Crippen LogP) is 3.02. The second-order valence-electron chi connectivity index (χ2n) is 3.83. The normalized spacial score (nSPS) is 12.5. The van der Waals surface area contributed by atoms with E-state index in [1.807, 2.05) is 26.8 Å². The summed E-state index contributed by atoms with van der Waals surface area (Å²) in [6, 6.07) is 1.91. The summed E-state index contributed by atoms with van der Waals surface area (Å²) in [5.74, 6) is 1.59. The lowest BCUT2D eigenvalue weighted by Gasteiger charge is -2.14. The molecular formula is C11H13BrN4O. The van der Waals surface area contributed by atoms with Crippen LogP contribution in [0.1, 0.15) is 30.0 Å². The Morgan fingerprint density at radius 1 is 1.35 bits per heavy atom. The molecule has 6 heteroatoms. The van der Waals surface area contributed by atoms with Gasteiger partial charge in [-0.05, 0) is 36.7 Å². The Hall–Kier alpha value is -1.43.